The zero-order chi connectivity index (χ0) is 18.5. The van der Waals surface area contributed by atoms with Gasteiger partial charge in [-0.1, -0.05) is 35.3 Å². The van der Waals surface area contributed by atoms with E-state index in [0.717, 1.165) is 5.56 Å². The Hall–Kier alpha value is -2.08. The van der Waals surface area contributed by atoms with Crippen molar-refractivity contribution in [1.29, 1.82) is 0 Å². The third kappa shape index (κ3) is 4.55. The van der Waals surface area contributed by atoms with E-state index in [1.807, 2.05) is 12.1 Å². The molecule has 0 radical (unpaired) electrons. The van der Waals surface area contributed by atoms with Crippen LogP contribution in [0.4, 0.5) is 0 Å². The molecule has 0 bridgehead atoms. The summed E-state index contributed by atoms with van der Waals surface area (Å²) in [7, 11) is 0. The largest absolute Gasteiger partial charge is 0.378 e. The molecule has 1 aliphatic heterocycles. The van der Waals surface area contributed by atoms with Crippen LogP contribution >= 0.6 is 23.2 Å². The predicted molar refractivity (Wildman–Crippen MR) is 101 cm³/mol. The fraction of sp³-hybridized carbons (Fsp3) is 0.263. The molecule has 2 aromatic carbocycles. The topological polar surface area (TPSA) is 58.6 Å². The Kier molecular flexibility index (Phi) is 6.14. The van der Waals surface area contributed by atoms with Gasteiger partial charge in [-0.2, -0.15) is 0 Å². The lowest BCUT2D eigenvalue weighted by atomic mass is 10.1. The molecule has 0 atom stereocenters. The number of nitrogens with one attached hydrogen (secondary N) is 1. The van der Waals surface area contributed by atoms with E-state index < -0.39 is 0 Å². The molecule has 2 aromatic rings. The van der Waals surface area contributed by atoms with Gasteiger partial charge in [0.2, 0.25) is 0 Å². The maximum Gasteiger partial charge on any atom is 0.254 e. The number of nitrogens with zero attached hydrogens (tertiary/aromatic N) is 1. The number of hydrogen-bond acceptors (Lipinski definition) is 3. The smallest absolute Gasteiger partial charge is 0.254 e. The van der Waals surface area contributed by atoms with E-state index in [9.17, 15) is 9.59 Å². The van der Waals surface area contributed by atoms with Gasteiger partial charge >= 0.3 is 0 Å². The number of carbonyl (C=O) groups is 2. The van der Waals surface area contributed by atoms with Crippen molar-refractivity contribution in [2.75, 3.05) is 26.3 Å². The minimum atomic E-state index is -0.300. The predicted octanol–water partition coefficient (Wildman–Crippen LogP) is 3.40. The van der Waals surface area contributed by atoms with Gasteiger partial charge in [-0.15, -0.1) is 0 Å². The van der Waals surface area contributed by atoms with E-state index in [-0.39, 0.29) is 11.8 Å². The van der Waals surface area contributed by atoms with E-state index in [0.29, 0.717) is 54.0 Å². The average Bonchev–Trinajstić information content (AvgIpc) is 2.68. The highest BCUT2D eigenvalue weighted by molar-refractivity contribution is 6.35. The molecule has 3 rings (SSSR count). The Morgan fingerprint density at radius 1 is 1.04 bits per heavy atom. The highest BCUT2D eigenvalue weighted by Crippen LogP contribution is 2.20. The van der Waals surface area contributed by atoms with Crippen molar-refractivity contribution < 1.29 is 14.3 Å². The molecule has 0 saturated carbocycles. The molecule has 0 aliphatic carbocycles. The summed E-state index contributed by atoms with van der Waals surface area (Å²) in [4.78, 5) is 26.4. The Morgan fingerprint density at radius 2 is 1.73 bits per heavy atom. The Balaban J connectivity index is 1.59. The van der Waals surface area contributed by atoms with E-state index in [1.165, 1.54) is 6.07 Å². The first-order chi connectivity index (χ1) is 12.5. The summed E-state index contributed by atoms with van der Waals surface area (Å²) in [5.41, 5.74) is 1.84. The SMILES string of the molecule is O=C(NCc1ccc(C(=O)N2CCOCC2)cc1)c1cc(Cl)ccc1Cl. The van der Waals surface area contributed by atoms with E-state index >= 15 is 0 Å². The van der Waals surface area contributed by atoms with Crippen LogP contribution in [0.2, 0.25) is 10.0 Å². The lowest BCUT2D eigenvalue weighted by molar-refractivity contribution is 0.0303. The molecule has 136 valence electrons. The van der Waals surface area contributed by atoms with Crippen LogP contribution in [0.25, 0.3) is 0 Å². The summed E-state index contributed by atoms with van der Waals surface area (Å²) in [6.45, 7) is 2.69. The second-order valence-corrected chi connectivity index (χ2v) is 6.75. The van der Waals surface area contributed by atoms with Crippen molar-refractivity contribution in [2.24, 2.45) is 0 Å². The maximum absolute atomic E-state index is 12.4. The minimum Gasteiger partial charge on any atom is -0.378 e. The molecule has 7 heteroatoms. The number of carbonyl (C=O) groups excluding carboxylic acids is 2. The molecule has 1 saturated heterocycles. The zero-order valence-electron chi connectivity index (χ0n) is 14.0. The summed E-state index contributed by atoms with van der Waals surface area (Å²) in [5.74, 6) is -0.305. The van der Waals surface area contributed by atoms with Gasteiger partial charge < -0.3 is 15.0 Å². The van der Waals surface area contributed by atoms with Crippen LogP contribution in [-0.4, -0.2) is 43.0 Å². The Bertz CT molecular complexity index is 803. The Labute approximate surface area is 161 Å². The first kappa shape index (κ1) is 18.7. The summed E-state index contributed by atoms with van der Waals surface area (Å²) in [5, 5.41) is 3.60. The molecule has 1 heterocycles. The zero-order valence-corrected chi connectivity index (χ0v) is 15.5. The monoisotopic (exact) mass is 392 g/mol. The summed E-state index contributed by atoms with van der Waals surface area (Å²) in [6, 6.07) is 11.9. The van der Waals surface area contributed by atoms with E-state index in [4.69, 9.17) is 27.9 Å². The van der Waals surface area contributed by atoms with Gasteiger partial charge in [0, 0.05) is 30.2 Å². The number of morpholine rings is 1. The molecule has 1 fully saturated rings. The van der Waals surface area contributed by atoms with Crippen LogP contribution in [0.5, 0.6) is 0 Å². The van der Waals surface area contributed by atoms with Crippen molar-refractivity contribution >= 4 is 35.0 Å². The first-order valence-corrected chi connectivity index (χ1v) is 8.99. The standard InChI is InChI=1S/C19H18Cl2N2O3/c20-15-5-6-17(21)16(11-15)18(24)22-12-13-1-3-14(4-2-13)19(25)23-7-9-26-10-8-23/h1-6,11H,7-10,12H2,(H,22,24). The van der Waals surface area contributed by atoms with Crippen molar-refractivity contribution in [2.45, 2.75) is 6.54 Å². The van der Waals surface area contributed by atoms with Crippen LogP contribution in [0.1, 0.15) is 26.3 Å². The summed E-state index contributed by atoms with van der Waals surface area (Å²) < 4.78 is 5.26. The molecule has 26 heavy (non-hydrogen) atoms. The number of benzene rings is 2. The normalized spacial score (nSPS) is 14.2. The molecular weight excluding hydrogens is 375 g/mol. The quantitative estimate of drug-likeness (QED) is 0.867. The highest BCUT2D eigenvalue weighted by Gasteiger charge is 2.18. The third-order valence-electron chi connectivity index (χ3n) is 4.13. The number of hydrogen-bond donors (Lipinski definition) is 1. The van der Waals surface area contributed by atoms with Gasteiger partial charge in [-0.3, -0.25) is 9.59 Å². The van der Waals surface area contributed by atoms with E-state index in [1.54, 1.807) is 29.2 Å². The van der Waals surface area contributed by atoms with Crippen molar-refractivity contribution in [3.63, 3.8) is 0 Å². The number of halogens is 2. The molecular formula is C19H18Cl2N2O3. The van der Waals surface area contributed by atoms with Gasteiger partial charge in [0.25, 0.3) is 11.8 Å². The average molecular weight is 393 g/mol. The summed E-state index contributed by atoms with van der Waals surface area (Å²) in [6.07, 6.45) is 0. The minimum absolute atomic E-state index is 0.00500. The summed E-state index contributed by atoms with van der Waals surface area (Å²) >= 11 is 11.9. The van der Waals surface area contributed by atoms with Crippen LogP contribution in [0, 0.1) is 0 Å². The lowest BCUT2D eigenvalue weighted by Crippen LogP contribution is -2.40. The van der Waals surface area contributed by atoms with Crippen molar-refractivity contribution in [3.05, 3.63) is 69.2 Å². The maximum atomic E-state index is 12.4. The van der Waals surface area contributed by atoms with Crippen molar-refractivity contribution in [3.8, 4) is 0 Å². The van der Waals surface area contributed by atoms with Gasteiger partial charge in [0.15, 0.2) is 0 Å². The molecule has 0 aromatic heterocycles. The highest BCUT2D eigenvalue weighted by atomic mass is 35.5. The first-order valence-electron chi connectivity index (χ1n) is 8.24. The Morgan fingerprint density at radius 3 is 2.42 bits per heavy atom. The fourth-order valence-corrected chi connectivity index (χ4v) is 3.04. The van der Waals surface area contributed by atoms with Crippen LogP contribution in [0.3, 0.4) is 0 Å². The lowest BCUT2D eigenvalue weighted by Gasteiger charge is -2.26. The number of ether oxygens (including phenoxy) is 1. The van der Waals surface area contributed by atoms with Gasteiger partial charge in [-0.05, 0) is 35.9 Å². The molecule has 0 unspecified atom stereocenters. The molecule has 1 N–H and O–H groups in total. The van der Waals surface area contributed by atoms with Gasteiger partial charge in [-0.25, -0.2) is 0 Å². The van der Waals surface area contributed by atoms with Crippen LogP contribution < -0.4 is 5.32 Å². The molecule has 0 spiro atoms. The van der Waals surface area contributed by atoms with Crippen LogP contribution in [-0.2, 0) is 11.3 Å². The van der Waals surface area contributed by atoms with Gasteiger partial charge in [0.05, 0.1) is 23.8 Å². The second-order valence-electron chi connectivity index (χ2n) is 5.91. The molecule has 1 aliphatic rings. The third-order valence-corrected chi connectivity index (χ3v) is 4.69. The molecule has 5 nitrogen and oxygen atoms in total. The van der Waals surface area contributed by atoms with E-state index in [2.05, 4.69) is 5.32 Å². The van der Waals surface area contributed by atoms with Crippen molar-refractivity contribution in [1.82, 2.24) is 10.2 Å². The fourth-order valence-electron chi connectivity index (χ4n) is 2.66. The number of amides is 2. The second kappa shape index (κ2) is 8.54. The van der Waals surface area contributed by atoms with Crippen LogP contribution in [0.15, 0.2) is 42.5 Å². The van der Waals surface area contributed by atoms with Gasteiger partial charge in [0.1, 0.15) is 0 Å². The number of rotatable bonds is 4. The molecule has 2 amide bonds.